The number of hydrogen-bond donors (Lipinski definition) is 1. The maximum Gasteiger partial charge on any atom is 0.270 e. The molecule has 1 saturated carbocycles. The summed E-state index contributed by atoms with van der Waals surface area (Å²) in [5, 5.41) is 10.6. The second-order valence-corrected chi connectivity index (χ2v) is 5.27. The Bertz CT molecular complexity index is 430. The first-order valence-corrected chi connectivity index (χ1v) is 5.98. The molecule has 1 fully saturated rings. The van der Waals surface area contributed by atoms with Crippen LogP contribution < -0.4 is 5.73 Å². The van der Waals surface area contributed by atoms with E-state index in [9.17, 15) is 10.1 Å². The van der Waals surface area contributed by atoms with Crippen LogP contribution in [0.3, 0.4) is 0 Å². The largest absolute Gasteiger partial charge is 0.330 e. The van der Waals surface area contributed by atoms with Gasteiger partial charge < -0.3 is 5.73 Å². The van der Waals surface area contributed by atoms with Crippen molar-refractivity contribution in [3.8, 4) is 0 Å². The summed E-state index contributed by atoms with van der Waals surface area (Å²) in [6.07, 6.45) is 3.22. The molecule has 0 amide bonds. The van der Waals surface area contributed by atoms with Gasteiger partial charge in [0.05, 0.1) is 4.92 Å². The van der Waals surface area contributed by atoms with Gasteiger partial charge in [0.15, 0.2) is 0 Å². The minimum absolute atomic E-state index is 0.119. The minimum atomic E-state index is -0.385. The summed E-state index contributed by atoms with van der Waals surface area (Å²) in [5.41, 5.74) is 7.19. The van der Waals surface area contributed by atoms with Crippen LogP contribution in [0.25, 0.3) is 0 Å². The number of nitrogens with two attached hydrogens (primary N) is 1. The molecule has 1 aromatic carbocycles. The molecular formula is C11H13BrN2O2. The first kappa shape index (κ1) is 11.5. The normalized spacial score (nSPS) is 17.1. The summed E-state index contributed by atoms with van der Waals surface area (Å²) in [4.78, 5) is 10.2. The maximum absolute atomic E-state index is 10.6. The molecule has 1 aliphatic carbocycles. The highest BCUT2D eigenvalue weighted by Gasteiger charge is 2.41. The van der Waals surface area contributed by atoms with E-state index in [0.717, 1.165) is 29.3 Å². The van der Waals surface area contributed by atoms with E-state index in [1.165, 1.54) is 0 Å². The number of nitrogens with zero attached hydrogens (tertiary/aromatic N) is 1. The number of non-ortho nitro benzene ring substituents is 1. The lowest BCUT2D eigenvalue weighted by molar-refractivity contribution is -0.384. The lowest BCUT2D eigenvalue weighted by Gasteiger charge is -2.13. The van der Waals surface area contributed by atoms with Crippen LogP contribution >= 0.6 is 15.9 Å². The molecule has 1 aromatic rings. The van der Waals surface area contributed by atoms with E-state index in [1.54, 1.807) is 12.1 Å². The number of rotatable bonds is 4. The number of nitro benzene ring substituents is 1. The molecule has 0 bridgehead atoms. The molecule has 0 atom stereocenters. The SMILES string of the molecule is NCC1(Cc2ccc([N+](=O)[O-])cc2Br)CC1. The van der Waals surface area contributed by atoms with Crippen LogP contribution in [-0.4, -0.2) is 11.5 Å². The van der Waals surface area contributed by atoms with Gasteiger partial charge in [-0.05, 0) is 36.8 Å². The first-order chi connectivity index (χ1) is 7.56. The number of benzene rings is 1. The average Bonchev–Trinajstić information content (AvgIpc) is 3.01. The fourth-order valence-corrected chi connectivity index (χ4v) is 2.33. The fourth-order valence-electron chi connectivity index (χ4n) is 1.83. The van der Waals surface area contributed by atoms with E-state index in [1.807, 2.05) is 6.07 Å². The second kappa shape index (κ2) is 4.14. The maximum atomic E-state index is 10.6. The highest BCUT2D eigenvalue weighted by molar-refractivity contribution is 9.10. The van der Waals surface area contributed by atoms with Crippen molar-refractivity contribution in [1.82, 2.24) is 0 Å². The van der Waals surface area contributed by atoms with Gasteiger partial charge in [0.1, 0.15) is 0 Å². The van der Waals surface area contributed by atoms with E-state index < -0.39 is 0 Å². The molecule has 4 nitrogen and oxygen atoms in total. The van der Waals surface area contributed by atoms with Gasteiger partial charge in [-0.2, -0.15) is 0 Å². The third-order valence-corrected chi connectivity index (χ3v) is 3.94. The lowest BCUT2D eigenvalue weighted by Crippen LogP contribution is -2.18. The van der Waals surface area contributed by atoms with Crippen molar-refractivity contribution in [3.05, 3.63) is 38.3 Å². The smallest absolute Gasteiger partial charge is 0.270 e. The van der Waals surface area contributed by atoms with Crippen LogP contribution in [0.15, 0.2) is 22.7 Å². The molecule has 86 valence electrons. The zero-order valence-electron chi connectivity index (χ0n) is 8.78. The van der Waals surface area contributed by atoms with Crippen molar-refractivity contribution < 1.29 is 4.92 Å². The van der Waals surface area contributed by atoms with Crippen LogP contribution in [0.1, 0.15) is 18.4 Å². The van der Waals surface area contributed by atoms with E-state index >= 15 is 0 Å². The monoisotopic (exact) mass is 284 g/mol. The predicted molar refractivity (Wildman–Crippen MR) is 65.2 cm³/mol. The Morgan fingerprint density at radius 1 is 1.50 bits per heavy atom. The Morgan fingerprint density at radius 3 is 2.62 bits per heavy atom. The summed E-state index contributed by atoms with van der Waals surface area (Å²) in [6.45, 7) is 0.691. The molecule has 0 unspecified atom stereocenters. The van der Waals surface area contributed by atoms with Crippen molar-refractivity contribution in [3.63, 3.8) is 0 Å². The zero-order valence-corrected chi connectivity index (χ0v) is 10.4. The van der Waals surface area contributed by atoms with Gasteiger partial charge in [0, 0.05) is 16.6 Å². The van der Waals surface area contributed by atoms with E-state index in [4.69, 9.17) is 5.73 Å². The molecule has 16 heavy (non-hydrogen) atoms. The molecule has 0 saturated heterocycles. The summed E-state index contributed by atoms with van der Waals surface area (Å²) >= 11 is 3.38. The second-order valence-electron chi connectivity index (χ2n) is 4.41. The average molecular weight is 285 g/mol. The van der Waals surface area contributed by atoms with Gasteiger partial charge in [-0.25, -0.2) is 0 Å². The van der Waals surface area contributed by atoms with Crippen LogP contribution in [0.4, 0.5) is 5.69 Å². The predicted octanol–water partition coefficient (Wildman–Crippen LogP) is 2.64. The molecule has 2 rings (SSSR count). The third-order valence-electron chi connectivity index (χ3n) is 3.20. The van der Waals surface area contributed by atoms with Gasteiger partial charge in [-0.1, -0.05) is 22.0 Å². The van der Waals surface area contributed by atoms with Gasteiger partial charge in [-0.15, -0.1) is 0 Å². The summed E-state index contributed by atoms with van der Waals surface area (Å²) in [7, 11) is 0. The molecule has 0 heterocycles. The van der Waals surface area contributed by atoms with Gasteiger partial charge in [-0.3, -0.25) is 10.1 Å². The van der Waals surface area contributed by atoms with Crippen LogP contribution in [0.2, 0.25) is 0 Å². The zero-order chi connectivity index (χ0) is 11.8. The molecular weight excluding hydrogens is 272 g/mol. The molecule has 5 heteroatoms. The number of hydrogen-bond acceptors (Lipinski definition) is 3. The van der Waals surface area contributed by atoms with Crippen molar-refractivity contribution in [2.75, 3.05) is 6.54 Å². The minimum Gasteiger partial charge on any atom is -0.330 e. The van der Waals surface area contributed by atoms with Crippen molar-refractivity contribution >= 4 is 21.6 Å². The van der Waals surface area contributed by atoms with Crippen LogP contribution in [0.5, 0.6) is 0 Å². The van der Waals surface area contributed by atoms with Gasteiger partial charge in [0.25, 0.3) is 5.69 Å². The highest BCUT2D eigenvalue weighted by atomic mass is 79.9. The van der Waals surface area contributed by atoms with E-state index in [0.29, 0.717) is 6.54 Å². The van der Waals surface area contributed by atoms with Gasteiger partial charge in [0.2, 0.25) is 0 Å². The molecule has 0 radical (unpaired) electrons. The Kier molecular flexibility index (Phi) is 2.99. The third kappa shape index (κ3) is 2.25. The topological polar surface area (TPSA) is 69.2 Å². The van der Waals surface area contributed by atoms with Gasteiger partial charge >= 0.3 is 0 Å². The summed E-state index contributed by atoms with van der Waals surface area (Å²) in [5.74, 6) is 0. The molecule has 0 spiro atoms. The molecule has 1 aliphatic rings. The van der Waals surface area contributed by atoms with Crippen molar-refractivity contribution in [2.45, 2.75) is 19.3 Å². The summed E-state index contributed by atoms with van der Waals surface area (Å²) < 4.78 is 0.807. The van der Waals surface area contributed by atoms with Crippen molar-refractivity contribution in [1.29, 1.82) is 0 Å². The Morgan fingerprint density at radius 2 is 2.19 bits per heavy atom. The number of nitro groups is 1. The Balaban J connectivity index is 2.20. The standard InChI is InChI=1S/C11H13BrN2O2/c12-10-5-9(14(15)16)2-1-8(10)6-11(7-13)3-4-11/h1-2,5H,3-4,6-7,13H2. The fraction of sp³-hybridized carbons (Fsp3) is 0.455. The van der Waals surface area contributed by atoms with Crippen molar-refractivity contribution in [2.24, 2.45) is 11.1 Å². The molecule has 0 aliphatic heterocycles. The molecule has 0 aromatic heterocycles. The Hall–Kier alpha value is -0.940. The first-order valence-electron chi connectivity index (χ1n) is 5.19. The number of halogens is 1. The van der Waals surface area contributed by atoms with Crippen LogP contribution in [-0.2, 0) is 6.42 Å². The lowest BCUT2D eigenvalue weighted by atomic mass is 9.96. The van der Waals surface area contributed by atoms with Crippen LogP contribution in [0, 0.1) is 15.5 Å². The highest BCUT2D eigenvalue weighted by Crippen LogP contribution is 2.48. The molecule has 2 N–H and O–H groups in total. The Labute approximate surface area is 102 Å². The van der Waals surface area contributed by atoms with E-state index in [2.05, 4.69) is 15.9 Å². The quantitative estimate of drug-likeness (QED) is 0.683. The van der Waals surface area contributed by atoms with E-state index in [-0.39, 0.29) is 16.0 Å². The summed E-state index contributed by atoms with van der Waals surface area (Å²) in [6, 6.07) is 4.92.